The van der Waals surface area contributed by atoms with Gasteiger partial charge in [-0.2, -0.15) is 0 Å². The number of thioether (sulfide) groups is 1. The van der Waals surface area contributed by atoms with Crippen molar-refractivity contribution in [1.29, 1.82) is 0 Å². The van der Waals surface area contributed by atoms with E-state index in [1.165, 1.54) is 11.8 Å². The third-order valence-electron chi connectivity index (χ3n) is 5.22. The van der Waals surface area contributed by atoms with Gasteiger partial charge in [-0.3, -0.25) is 14.4 Å². The molecule has 1 aromatic rings. The van der Waals surface area contributed by atoms with Gasteiger partial charge in [-0.05, 0) is 31.1 Å². The summed E-state index contributed by atoms with van der Waals surface area (Å²) < 4.78 is 5.66. The summed E-state index contributed by atoms with van der Waals surface area (Å²) in [6.07, 6.45) is 3.98. The van der Waals surface area contributed by atoms with E-state index in [1.807, 2.05) is 25.3 Å². The van der Waals surface area contributed by atoms with Gasteiger partial charge in [0.05, 0.1) is 12.5 Å². The van der Waals surface area contributed by atoms with Gasteiger partial charge in [-0.25, -0.2) is 0 Å². The van der Waals surface area contributed by atoms with Crippen LogP contribution >= 0.6 is 11.8 Å². The minimum atomic E-state index is -1.12. The van der Waals surface area contributed by atoms with Crippen LogP contribution in [0.25, 0.3) is 0 Å². The number of aryl methyl sites for hydroxylation is 1. The average Bonchev–Trinajstić information content (AvgIpc) is 3.29. The summed E-state index contributed by atoms with van der Waals surface area (Å²) in [5.74, 6) is -1.76. The minimum absolute atomic E-state index is 0.0667. The topological polar surface area (TPSA) is 83.9 Å². The standard InChI is InChI=1S/C21H25NO5S/c1-3-13-6-8-14(9-7-13)19(25)18-16(11-17(23)24)20(26)22(21(18)28-2)12-15-5-4-10-27-15/h6-9,15,21H,3-5,10-12H2,1-2H3,(H,23,24)/t15-,21-/m0/s1. The number of ether oxygens (including phenoxy) is 1. The number of aliphatic carboxylic acids is 1. The van der Waals surface area contributed by atoms with Crippen molar-refractivity contribution in [2.24, 2.45) is 0 Å². The number of amides is 1. The van der Waals surface area contributed by atoms with E-state index >= 15 is 0 Å². The molecule has 1 saturated heterocycles. The molecule has 0 saturated carbocycles. The molecule has 0 radical (unpaired) electrons. The number of carbonyl (C=O) groups is 3. The molecular formula is C21H25NO5S. The second-order valence-corrected chi connectivity index (χ2v) is 7.94. The number of nitrogens with zero attached hydrogens (tertiary/aromatic N) is 1. The summed E-state index contributed by atoms with van der Waals surface area (Å²) >= 11 is 1.38. The Balaban J connectivity index is 1.95. The van der Waals surface area contributed by atoms with E-state index in [9.17, 15) is 19.5 Å². The van der Waals surface area contributed by atoms with E-state index in [4.69, 9.17) is 4.74 Å². The van der Waals surface area contributed by atoms with Crippen molar-refractivity contribution in [2.45, 2.75) is 44.1 Å². The molecule has 7 heteroatoms. The molecular weight excluding hydrogens is 378 g/mol. The number of Topliss-reactive ketones (excluding diaryl/α,β-unsaturated/α-hetero) is 1. The molecule has 1 amide bonds. The van der Waals surface area contributed by atoms with Crippen LogP contribution in [0, 0.1) is 0 Å². The fourth-order valence-corrected chi connectivity index (χ4v) is 4.67. The van der Waals surface area contributed by atoms with E-state index in [1.54, 1.807) is 17.0 Å². The van der Waals surface area contributed by atoms with Crippen molar-refractivity contribution in [3.8, 4) is 0 Å². The first-order chi connectivity index (χ1) is 13.5. The van der Waals surface area contributed by atoms with E-state index in [0.29, 0.717) is 24.3 Å². The Morgan fingerprint density at radius 3 is 2.54 bits per heavy atom. The largest absolute Gasteiger partial charge is 0.481 e. The van der Waals surface area contributed by atoms with Crippen LogP contribution in [-0.4, -0.2) is 58.6 Å². The first kappa shape index (κ1) is 20.6. The number of carbonyl (C=O) groups excluding carboxylic acids is 2. The Labute approximate surface area is 168 Å². The Kier molecular flexibility index (Phi) is 6.57. The highest BCUT2D eigenvalue weighted by Crippen LogP contribution is 2.37. The summed E-state index contributed by atoms with van der Waals surface area (Å²) in [5.41, 5.74) is 1.97. The van der Waals surface area contributed by atoms with Gasteiger partial charge in [0.1, 0.15) is 5.37 Å². The Morgan fingerprint density at radius 1 is 1.29 bits per heavy atom. The predicted molar refractivity (Wildman–Crippen MR) is 107 cm³/mol. The quantitative estimate of drug-likeness (QED) is 0.672. The van der Waals surface area contributed by atoms with Gasteiger partial charge >= 0.3 is 5.97 Å². The smallest absolute Gasteiger partial charge is 0.308 e. The lowest BCUT2D eigenvalue weighted by Gasteiger charge is -2.27. The molecule has 2 heterocycles. The lowest BCUT2D eigenvalue weighted by Crippen LogP contribution is -2.40. The van der Waals surface area contributed by atoms with E-state index < -0.39 is 17.8 Å². The molecule has 2 aliphatic heterocycles. The molecule has 28 heavy (non-hydrogen) atoms. The third-order valence-corrected chi connectivity index (χ3v) is 6.16. The summed E-state index contributed by atoms with van der Waals surface area (Å²) in [6, 6.07) is 7.27. The van der Waals surface area contributed by atoms with Gasteiger partial charge in [0.25, 0.3) is 5.91 Å². The molecule has 2 atom stereocenters. The molecule has 3 rings (SSSR count). The van der Waals surface area contributed by atoms with Gasteiger partial charge in [-0.15, -0.1) is 11.8 Å². The highest BCUT2D eigenvalue weighted by atomic mass is 32.2. The molecule has 1 fully saturated rings. The van der Waals surface area contributed by atoms with Crippen molar-refractivity contribution in [2.75, 3.05) is 19.4 Å². The maximum atomic E-state index is 13.3. The monoisotopic (exact) mass is 403 g/mol. The Hall–Kier alpha value is -2.12. The second kappa shape index (κ2) is 8.92. The first-order valence-corrected chi connectivity index (χ1v) is 10.8. The van der Waals surface area contributed by atoms with E-state index in [2.05, 4.69) is 0 Å². The highest BCUT2D eigenvalue weighted by Gasteiger charge is 2.43. The zero-order chi connectivity index (χ0) is 20.3. The number of ketones is 1. The molecule has 1 aromatic carbocycles. The van der Waals surface area contributed by atoms with Crippen LogP contribution < -0.4 is 0 Å². The molecule has 0 unspecified atom stereocenters. The Morgan fingerprint density at radius 2 is 2.00 bits per heavy atom. The van der Waals surface area contributed by atoms with Crippen LogP contribution in [0.4, 0.5) is 0 Å². The molecule has 1 N–H and O–H groups in total. The number of hydrogen-bond acceptors (Lipinski definition) is 5. The minimum Gasteiger partial charge on any atom is -0.481 e. The van der Waals surface area contributed by atoms with Crippen molar-refractivity contribution in [1.82, 2.24) is 4.90 Å². The summed E-state index contributed by atoms with van der Waals surface area (Å²) in [6.45, 7) is 3.08. The average molecular weight is 404 g/mol. The van der Waals surface area contributed by atoms with Gasteiger partial charge in [0, 0.05) is 29.9 Å². The zero-order valence-corrected chi connectivity index (χ0v) is 17.0. The SMILES string of the molecule is CCc1ccc(C(=O)C2=C(CC(=O)O)C(=O)N(C[C@@H]3CCCO3)[C@H]2SC)cc1. The number of benzene rings is 1. The van der Waals surface area contributed by atoms with E-state index in [-0.39, 0.29) is 23.4 Å². The van der Waals surface area contributed by atoms with Crippen molar-refractivity contribution in [3.63, 3.8) is 0 Å². The van der Waals surface area contributed by atoms with Crippen LogP contribution in [0.15, 0.2) is 35.4 Å². The molecule has 0 spiro atoms. The number of rotatable bonds is 8. The maximum absolute atomic E-state index is 13.3. The van der Waals surface area contributed by atoms with E-state index in [0.717, 1.165) is 24.8 Å². The van der Waals surface area contributed by atoms with Crippen LogP contribution in [0.2, 0.25) is 0 Å². The van der Waals surface area contributed by atoms with Crippen LogP contribution in [0.1, 0.15) is 42.1 Å². The first-order valence-electron chi connectivity index (χ1n) is 9.50. The maximum Gasteiger partial charge on any atom is 0.308 e. The molecule has 150 valence electrons. The fourth-order valence-electron chi connectivity index (χ4n) is 3.75. The van der Waals surface area contributed by atoms with Crippen LogP contribution in [-0.2, 0) is 20.7 Å². The van der Waals surface area contributed by atoms with Crippen molar-refractivity contribution >= 4 is 29.4 Å². The van der Waals surface area contributed by atoms with Crippen LogP contribution in [0.3, 0.4) is 0 Å². The molecule has 0 bridgehead atoms. The number of hydrogen-bond donors (Lipinski definition) is 1. The summed E-state index contributed by atoms with van der Waals surface area (Å²) in [5, 5.41) is 8.82. The molecule has 2 aliphatic rings. The molecule has 0 aromatic heterocycles. The fraction of sp³-hybridized carbons (Fsp3) is 0.476. The van der Waals surface area contributed by atoms with Gasteiger partial charge in [0.15, 0.2) is 5.78 Å². The van der Waals surface area contributed by atoms with Crippen molar-refractivity contribution < 1.29 is 24.2 Å². The third kappa shape index (κ3) is 4.15. The number of carboxylic acid groups (broad SMARTS) is 1. The second-order valence-electron chi connectivity index (χ2n) is 7.02. The number of carboxylic acids is 1. The molecule has 6 nitrogen and oxygen atoms in total. The highest BCUT2D eigenvalue weighted by molar-refractivity contribution is 7.99. The lowest BCUT2D eigenvalue weighted by molar-refractivity contribution is -0.137. The lowest BCUT2D eigenvalue weighted by atomic mass is 9.97. The van der Waals surface area contributed by atoms with Crippen molar-refractivity contribution in [3.05, 3.63) is 46.5 Å². The van der Waals surface area contributed by atoms with Crippen LogP contribution in [0.5, 0.6) is 0 Å². The van der Waals surface area contributed by atoms with Gasteiger partial charge < -0.3 is 14.7 Å². The van der Waals surface area contributed by atoms with Gasteiger partial charge in [0.2, 0.25) is 0 Å². The Bertz CT molecular complexity index is 796. The molecule has 0 aliphatic carbocycles. The normalized spacial score (nSPS) is 22.2. The summed E-state index contributed by atoms with van der Waals surface area (Å²) in [7, 11) is 0. The zero-order valence-electron chi connectivity index (χ0n) is 16.1. The summed E-state index contributed by atoms with van der Waals surface area (Å²) in [4.78, 5) is 39.3. The predicted octanol–water partition coefficient (Wildman–Crippen LogP) is 2.91. The van der Waals surface area contributed by atoms with Gasteiger partial charge in [-0.1, -0.05) is 31.2 Å².